The van der Waals surface area contributed by atoms with Gasteiger partial charge in [0.15, 0.2) is 0 Å². The smallest absolute Gasteiger partial charge is 0.235 e. The first-order chi connectivity index (χ1) is 11.3. The normalized spacial score (nSPS) is 23.7. The van der Waals surface area contributed by atoms with E-state index in [4.69, 9.17) is 0 Å². The quantitative estimate of drug-likeness (QED) is 0.906. The Kier molecular flexibility index (Phi) is 3.92. The van der Waals surface area contributed by atoms with Crippen LogP contribution < -0.4 is 10.6 Å². The van der Waals surface area contributed by atoms with E-state index in [9.17, 15) is 5.26 Å². The molecule has 0 aliphatic heterocycles. The van der Waals surface area contributed by atoms with Crippen molar-refractivity contribution in [2.24, 2.45) is 0 Å². The third-order valence-corrected chi connectivity index (χ3v) is 6.33. The Labute approximate surface area is 140 Å². The fourth-order valence-electron chi connectivity index (χ4n) is 3.87. The van der Waals surface area contributed by atoms with E-state index < -0.39 is 0 Å². The van der Waals surface area contributed by atoms with Crippen LogP contribution in [0.5, 0.6) is 0 Å². The summed E-state index contributed by atoms with van der Waals surface area (Å²) in [5, 5.41) is 17.4. The van der Waals surface area contributed by atoms with Crippen molar-refractivity contribution in [2.45, 2.75) is 57.0 Å². The maximum atomic E-state index is 9.23. The molecule has 5 nitrogen and oxygen atoms in total. The van der Waals surface area contributed by atoms with Crippen molar-refractivity contribution in [1.29, 1.82) is 5.26 Å². The van der Waals surface area contributed by atoms with Crippen molar-refractivity contribution in [2.75, 3.05) is 12.4 Å². The number of anilines is 1. The van der Waals surface area contributed by atoms with Crippen LogP contribution in [0.2, 0.25) is 0 Å². The highest BCUT2D eigenvalue weighted by molar-refractivity contribution is 7.19. The molecule has 0 atom stereocenters. The molecule has 2 aromatic heterocycles. The van der Waals surface area contributed by atoms with Crippen LogP contribution in [-0.4, -0.2) is 29.1 Å². The summed E-state index contributed by atoms with van der Waals surface area (Å²) in [4.78, 5) is 11.4. The number of aryl methyl sites for hydroxylation is 2. The minimum atomic E-state index is 0.281. The first-order valence-corrected chi connectivity index (χ1v) is 9.26. The SMILES string of the molecule is CNC1CCC(Nc2nc(C#N)nc3sc4c(c23)CCC4)CC1. The van der Waals surface area contributed by atoms with Crippen LogP contribution in [0.3, 0.4) is 0 Å². The molecule has 2 aliphatic carbocycles. The molecule has 2 heterocycles. The molecular weight excluding hydrogens is 306 g/mol. The molecule has 0 bridgehead atoms. The Morgan fingerprint density at radius 3 is 2.65 bits per heavy atom. The molecule has 4 rings (SSSR count). The van der Waals surface area contributed by atoms with Gasteiger partial charge in [-0.2, -0.15) is 5.26 Å². The summed E-state index contributed by atoms with van der Waals surface area (Å²) in [6, 6.07) is 3.20. The number of fused-ring (bicyclic) bond motifs is 3. The van der Waals surface area contributed by atoms with Crippen LogP contribution in [0.15, 0.2) is 0 Å². The van der Waals surface area contributed by atoms with Gasteiger partial charge in [0.2, 0.25) is 5.82 Å². The van der Waals surface area contributed by atoms with Crippen LogP contribution in [0.4, 0.5) is 5.82 Å². The molecule has 0 unspecified atom stereocenters. The van der Waals surface area contributed by atoms with Gasteiger partial charge in [-0.25, -0.2) is 9.97 Å². The van der Waals surface area contributed by atoms with E-state index in [0.717, 1.165) is 36.3 Å². The molecule has 2 aromatic rings. The molecule has 0 saturated heterocycles. The number of hydrogen-bond acceptors (Lipinski definition) is 6. The van der Waals surface area contributed by atoms with Gasteiger partial charge >= 0.3 is 0 Å². The minimum absolute atomic E-state index is 0.281. The molecular formula is C17H21N5S. The zero-order valence-electron chi connectivity index (χ0n) is 13.4. The third kappa shape index (κ3) is 2.68. The van der Waals surface area contributed by atoms with Crippen molar-refractivity contribution in [3.8, 4) is 6.07 Å². The van der Waals surface area contributed by atoms with Gasteiger partial charge in [-0.1, -0.05) is 0 Å². The topological polar surface area (TPSA) is 73.6 Å². The number of hydrogen-bond donors (Lipinski definition) is 2. The lowest BCUT2D eigenvalue weighted by molar-refractivity contribution is 0.371. The summed E-state index contributed by atoms with van der Waals surface area (Å²) in [7, 11) is 2.04. The highest BCUT2D eigenvalue weighted by Crippen LogP contribution is 2.40. The standard InChI is InChI=1S/C17H21N5S/c1-19-10-5-7-11(8-6-10)20-16-15-12-3-2-4-13(12)23-17(15)22-14(9-18)21-16/h10-11,19H,2-8H2,1H3,(H,20,21,22). The Bertz CT molecular complexity index is 767. The molecule has 0 amide bonds. The van der Waals surface area contributed by atoms with Gasteiger partial charge in [-0.15, -0.1) is 11.3 Å². The third-order valence-electron chi connectivity index (χ3n) is 5.14. The fraction of sp³-hybridized carbons (Fsp3) is 0.588. The molecule has 23 heavy (non-hydrogen) atoms. The number of thiophene rings is 1. The van der Waals surface area contributed by atoms with E-state index in [0.29, 0.717) is 12.1 Å². The maximum Gasteiger partial charge on any atom is 0.235 e. The molecule has 2 aliphatic rings. The molecule has 0 aromatic carbocycles. The Balaban J connectivity index is 1.67. The molecule has 1 fully saturated rings. The summed E-state index contributed by atoms with van der Waals surface area (Å²) in [6.45, 7) is 0. The lowest BCUT2D eigenvalue weighted by Crippen LogP contribution is -2.35. The fourth-order valence-corrected chi connectivity index (χ4v) is 5.13. The van der Waals surface area contributed by atoms with Crippen LogP contribution in [-0.2, 0) is 12.8 Å². The highest BCUT2D eigenvalue weighted by atomic mass is 32.1. The number of nitriles is 1. The van der Waals surface area contributed by atoms with Crippen molar-refractivity contribution in [3.05, 3.63) is 16.3 Å². The van der Waals surface area contributed by atoms with Gasteiger partial charge < -0.3 is 10.6 Å². The lowest BCUT2D eigenvalue weighted by atomic mass is 9.91. The predicted octanol–water partition coefficient (Wildman–Crippen LogP) is 2.99. The maximum absolute atomic E-state index is 9.23. The van der Waals surface area contributed by atoms with Crippen LogP contribution in [0, 0.1) is 11.3 Å². The molecule has 1 saturated carbocycles. The van der Waals surface area contributed by atoms with Crippen molar-refractivity contribution in [1.82, 2.24) is 15.3 Å². The van der Waals surface area contributed by atoms with E-state index >= 15 is 0 Å². The van der Waals surface area contributed by atoms with Gasteiger partial charge in [0, 0.05) is 17.0 Å². The lowest BCUT2D eigenvalue weighted by Gasteiger charge is -2.29. The average Bonchev–Trinajstić information content (AvgIpc) is 3.15. The Hall–Kier alpha value is -1.71. The summed E-state index contributed by atoms with van der Waals surface area (Å²) >= 11 is 1.74. The van der Waals surface area contributed by atoms with E-state index in [2.05, 4.69) is 26.7 Å². The van der Waals surface area contributed by atoms with Gasteiger partial charge in [-0.05, 0) is 57.6 Å². The largest absolute Gasteiger partial charge is 0.367 e. The summed E-state index contributed by atoms with van der Waals surface area (Å²) in [6.07, 6.45) is 8.15. The summed E-state index contributed by atoms with van der Waals surface area (Å²) in [5.41, 5.74) is 1.42. The Morgan fingerprint density at radius 1 is 1.13 bits per heavy atom. The van der Waals surface area contributed by atoms with Crippen molar-refractivity contribution >= 4 is 27.4 Å². The second-order valence-corrected chi connectivity index (χ2v) is 7.61. The van der Waals surface area contributed by atoms with Crippen LogP contribution in [0.1, 0.15) is 48.4 Å². The monoisotopic (exact) mass is 327 g/mol. The van der Waals surface area contributed by atoms with Crippen molar-refractivity contribution < 1.29 is 0 Å². The number of rotatable bonds is 3. The zero-order valence-corrected chi connectivity index (χ0v) is 14.2. The molecule has 0 spiro atoms. The van der Waals surface area contributed by atoms with E-state index in [-0.39, 0.29) is 5.82 Å². The number of aromatic nitrogens is 2. The second-order valence-electron chi connectivity index (χ2n) is 6.53. The second kappa shape index (κ2) is 6.06. The van der Waals surface area contributed by atoms with E-state index in [1.165, 1.54) is 35.1 Å². The summed E-state index contributed by atoms with van der Waals surface area (Å²) < 4.78 is 0. The van der Waals surface area contributed by atoms with Gasteiger partial charge in [-0.3, -0.25) is 0 Å². The minimum Gasteiger partial charge on any atom is -0.367 e. The average molecular weight is 327 g/mol. The molecule has 6 heteroatoms. The van der Waals surface area contributed by atoms with E-state index in [1.54, 1.807) is 11.3 Å². The van der Waals surface area contributed by atoms with Gasteiger partial charge in [0.05, 0.1) is 5.39 Å². The van der Waals surface area contributed by atoms with Gasteiger partial charge in [0.1, 0.15) is 16.7 Å². The predicted molar refractivity (Wildman–Crippen MR) is 92.9 cm³/mol. The number of nitrogens with zero attached hydrogens (tertiary/aromatic N) is 3. The molecule has 120 valence electrons. The summed E-state index contributed by atoms with van der Waals surface area (Å²) in [5.74, 6) is 1.17. The van der Waals surface area contributed by atoms with Crippen LogP contribution in [0.25, 0.3) is 10.2 Å². The van der Waals surface area contributed by atoms with Gasteiger partial charge in [0.25, 0.3) is 0 Å². The van der Waals surface area contributed by atoms with Crippen LogP contribution >= 0.6 is 11.3 Å². The first-order valence-electron chi connectivity index (χ1n) is 8.44. The highest BCUT2D eigenvalue weighted by Gasteiger charge is 2.25. The molecule has 2 N–H and O–H groups in total. The molecule has 0 radical (unpaired) electrons. The first kappa shape index (κ1) is 14.9. The number of nitrogens with one attached hydrogen (secondary N) is 2. The van der Waals surface area contributed by atoms with E-state index in [1.807, 2.05) is 7.05 Å². The Morgan fingerprint density at radius 2 is 1.91 bits per heavy atom. The zero-order chi connectivity index (χ0) is 15.8. The van der Waals surface area contributed by atoms with Crippen molar-refractivity contribution in [3.63, 3.8) is 0 Å².